The average molecular weight is 408 g/mol. The summed E-state index contributed by atoms with van der Waals surface area (Å²) in [4.78, 5) is 30.2. The fourth-order valence-corrected chi connectivity index (χ4v) is 3.88. The Morgan fingerprint density at radius 1 is 1.00 bits per heavy atom. The van der Waals surface area contributed by atoms with Crippen LogP contribution in [0, 0.1) is 6.92 Å². The van der Waals surface area contributed by atoms with Crippen molar-refractivity contribution >= 4 is 23.1 Å². The number of aromatic nitrogens is 1. The van der Waals surface area contributed by atoms with Gasteiger partial charge >= 0.3 is 5.97 Å². The molecular weight excluding hydrogens is 382 g/mol. The summed E-state index contributed by atoms with van der Waals surface area (Å²) in [6, 6.07) is 17.1. The Morgan fingerprint density at radius 2 is 1.62 bits per heavy atom. The molecule has 0 saturated carbocycles. The molecule has 1 atom stereocenters. The summed E-state index contributed by atoms with van der Waals surface area (Å²) in [5, 5.41) is 0.756. The summed E-state index contributed by atoms with van der Waals surface area (Å²) in [5.41, 5.74) is 3.24. The van der Waals surface area contributed by atoms with E-state index in [9.17, 15) is 9.59 Å². The average Bonchev–Trinajstić information content (AvgIpc) is 3.09. The van der Waals surface area contributed by atoms with Crippen molar-refractivity contribution in [3.05, 3.63) is 76.3 Å². The maximum atomic E-state index is 12.7. The fourth-order valence-electron chi connectivity index (χ4n) is 2.93. The minimum absolute atomic E-state index is 0.0137. The molecule has 150 valence electrons. The van der Waals surface area contributed by atoms with Crippen LogP contribution in [-0.4, -0.2) is 22.8 Å². The molecule has 2 aromatic carbocycles. The van der Waals surface area contributed by atoms with E-state index in [1.54, 1.807) is 26.0 Å². The minimum Gasteiger partial charge on any atom is -0.450 e. The number of aryl methyl sites for hydroxylation is 1. The van der Waals surface area contributed by atoms with E-state index < -0.39 is 12.1 Å². The lowest BCUT2D eigenvalue weighted by atomic mass is 9.86. The number of ether oxygens (including phenoxy) is 1. The largest absolute Gasteiger partial charge is 0.450 e. The van der Waals surface area contributed by atoms with Crippen LogP contribution >= 0.6 is 11.3 Å². The predicted molar refractivity (Wildman–Crippen MR) is 117 cm³/mol. The van der Waals surface area contributed by atoms with Gasteiger partial charge in [0.2, 0.25) is 5.78 Å². The van der Waals surface area contributed by atoms with E-state index >= 15 is 0 Å². The molecule has 0 aliphatic heterocycles. The number of nitrogens with zero attached hydrogens (tertiary/aromatic N) is 1. The Bertz CT molecular complexity index is 1010. The molecule has 0 N–H and O–H groups in total. The van der Waals surface area contributed by atoms with Crippen molar-refractivity contribution in [2.24, 2.45) is 0 Å². The molecule has 1 heterocycles. The van der Waals surface area contributed by atoms with Crippen molar-refractivity contribution in [1.29, 1.82) is 0 Å². The van der Waals surface area contributed by atoms with Crippen molar-refractivity contribution < 1.29 is 14.3 Å². The Labute approximate surface area is 175 Å². The Morgan fingerprint density at radius 3 is 2.21 bits per heavy atom. The van der Waals surface area contributed by atoms with E-state index in [0.717, 1.165) is 16.1 Å². The molecule has 0 saturated heterocycles. The Hall–Kier alpha value is -2.79. The van der Waals surface area contributed by atoms with Crippen LogP contribution in [0.2, 0.25) is 0 Å². The summed E-state index contributed by atoms with van der Waals surface area (Å²) in [5.74, 6) is -0.737. The van der Waals surface area contributed by atoms with Gasteiger partial charge in [-0.3, -0.25) is 4.79 Å². The van der Waals surface area contributed by atoms with Crippen molar-refractivity contribution in [2.75, 3.05) is 0 Å². The molecule has 29 heavy (non-hydrogen) atoms. The molecule has 0 amide bonds. The lowest BCUT2D eigenvalue weighted by Crippen LogP contribution is -2.24. The molecule has 1 aromatic heterocycles. The monoisotopic (exact) mass is 407 g/mol. The van der Waals surface area contributed by atoms with E-state index in [0.29, 0.717) is 16.1 Å². The molecular formula is C24H25NO3S. The van der Waals surface area contributed by atoms with Gasteiger partial charge in [-0.25, -0.2) is 9.78 Å². The first-order valence-corrected chi connectivity index (χ1v) is 10.4. The Balaban J connectivity index is 1.72. The molecule has 4 nitrogen and oxygen atoms in total. The maximum Gasteiger partial charge on any atom is 0.350 e. The second-order valence-corrected chi connectivity index (χ2v) is 9.04. The van der Waals surface area contributed by atoms with Gasteiger partial charge < -0.3 is 4.74 Å². The smallest absolute Gasteiger partial charge is 0.350 e. The molecule has 0 unspecified atom stereocenters. The number of carbonyl (C=O) groups excluding carboxylic acids is 2. The number of esters is 1. The van der Waals surface area contributed by atoms with Crippen LogP contribution in [0.3, 0.4) is 0 Å². The fraction of sp³-hybridized carbons (Fsp3) is 0.292. The lowest BCUT2D eigenvalue weighted by Gasteiger charge is -2.19. The molecule has 0 spiro atoms. The van der Waals surface area contributed by atoms with Crippen LogP contribution < -0.4 is 0 Å². The second-order valence-electron chi connectivity index (χ2n) is 8.04. The van der Waals surface area contributed by atoms with Gasteiger partial charge in [0.1, 0.15) is 9.88 Å². The van der Waals surface area contributed by atoms with Gasteiger partial charge in [0, 0.05) is 11.1 Å². The van der Waals surface area contributed by atoms with Crippen molar-refractivity contribution in [3.8, 4) is 10.6 Å². The number of Topliss-reactive ketones (excluding diaryl/α,β-unsaturated/α-hetero) is 1. The standard InChI is InChI=1S/C24H25NO3S/c1-15-21(29-22(25-15)18-9-7-6-8-10-18)23(27)28-16(2)20(26)17-11-13-19(14-12-17)24(3,4)5/h6-14,16H,1-5H3/t16-/m1/s1. The molecule has 0 aliphatic rings. The van der Waals surface area contributed by atoms with Gasteiger partial charge in [-0.15, -0.1) is 11.3 Å². The van der Waals surface area contributed by atoms with Crippen LogP contribution in [0.15, 0.2) is 54.6 Å². The van der Waals surface area contributed by atoms with Gasteiger partial charge in [-0.1, -0.05) is 75.4 Å². The molecule has 3 rings (SSSR count). The highest BCUT2D eigenvalue weighted by Crippen LogP contribution is 2.29. The molecule has 5 heteroatoms. The van der Waals surface area contributed by atoms with Crippen LogP contribution in [0.25, 0.3) is 10.6 Å². The van der Waals surface area contributed by atoms with Crippen LogP contribution in [0.5, 0.6) is 0 Å². The summed E-state index contributed by atoms with van der Waals surface area (Å²) in [6.45, 7) is 9.74. The second kappa shape index (κ2) is 8.29. The van der Waals surface area contributed by atoms with Crippen LogP contribution in [-0.2, 0) is 10.2 Å². The zero-order valence-electron chi connectivity index (χ0n) is 17.4. The highest BCUT2D eigenvalue weighted by molar-refractivity contribution is 7.17. The van der Waals surface area contributed by atoms with Crippen molar-refractivity contribution in [2.45, 2.75) is 46.1 Å². The summed E-state index contributed by atoms with van der Waals surface area (Å²) in [6.07, 6.45) is -0.871. The predicted octanol–water partition coefficient (Wildman–Crippen LogP) is 5.84. The quantitative estimate of drug-likeness (QED) is 0.393. The summed E-state index contributed by atoms with van der Waals surface area (Å²) >= 11 is 1.28. The van der Waals surface area contributed by atoms with Gasteiger partial charge in [-0.05, 0) is 24.8 Å². The summed E-state index contributed by atoms with van der Waals surface area (Å²) < 4.78 is 5.46. The summed E-state index contributed by atoms with van der Waals surface area (Å²) in [7, 11) is 0. The van der Waals surface area contributed by atoms with E-state index in [1.165, 1.54) is 11.3 Å². The van der Waals surface area contributed by atoms with E-state index in [1.807, 2.05) is 42.5 Å². The van der Waals surface area contributed by atoms with Crippen molar-refractivity contribution in [1.82, 2.24) is 4.98 Å². The first-order valence-electron chi connectivity index (χ1n) is 9.55. The van der Waals surface area contributed by atoms with Crippen LogP contribution in [0.4, 0.5) is 0 Å². The molecule has 0 aliphatic carbocycles. The number of benzene rings is 2. The van der Waals surface area contributed by atoms with E-state index in [2.05, 4.69) is 25.8 Å². The number of hydrogen-bond donors (Lipinski definition) is 0. The van der Waals surface area contributed by atoms with Gasteiger partial charge in [0.05, 0.1) is 5.69 Å². The molecule has 3 aromatic rings. The topological polar surface area (TPSA) is 56.3 Å². The van der Waals surface area contributed by atoms with Crippen LogP contribution in [0.1, 0.15) is 59.0 Å². The number of ketones is 1. The first-order chi connectivity index (χ1) is 13.7. The Kier molecular flexibility index (Phi) is 5.99. The third kappa shape index (κ3) is 4.80. The number of thiazole rings is 1. The maximum absolute atomic E-state index is 12.7. The van der Waals surface area contributed by atoms with E-state index in [-0.39, 0.29) is 11.2 Å². The molecule has 0 radical (unpaired) electrons. The number of rotatable bonds is 5. The molecule has 0 fully saturated rings. The first kappa shape index (κ1) is 20.9. The van der Waals surface area contributed by atoms with Crippen molar-refractivity contribution in [3.63, 3.8) is 0 Å². The third-order valence-corrected chi connectivity index (χ3v) is 5.88. The number of carbonyl (C=O) groups is 2. The van der Waals surface area contributed by atoms with Gasteiger partial charge in [0.15, 0.2) is 6.10 Å². The lowest BCUT2D eigenvalue weighted by molar-refractivity contribution is 0.0322. The van der Waals surface area contributed by atoms with Gasteiger partial charge in [-0.2, -0.15) is 0 Å². The van der Waals surface area contributed by atoms with Gasteiger partial charge in [0.25, 0.3) is 0 Å². The molecule has 0 bridgehead atoms. The highest BCUT2D eigenvalue weighted by Gasteiger charge is 2.24. The minimum atomic E-state index is -0.871. The van der Waals surface area contributed by atoms with E-state index in [4.69, 9.17) is 4.74 Å². The number of hydrogen-bond acceptors (Lipinski definition) is 5. The SMILES string of the molecule is Cc1nc(-c2ccccc2)sc1C(=O)O[C@H](C)C(=O)c1ccc(C(C)(C)C)cc1. The normalized spacial score (nSPS) is 12.4. The zero-order valence-corrected chi connectivity index (χ0v) is 18.2. The zero-order chi connectivity index (χ0) is 21.2. The third-order valence-electron chi connectivity index (χ3n) is 4.69. The highest BCUT2D eigenvalue weighted by atomic mass is 32.1.